The van der Waals surface area contributed by atoms with Gasteiger partial charge in [0.1, 0.15) is 0 Å². The molecule has 2 rings (SSSR count). The summed E-state index contributed by atoms with van der Waals surface area (Å²) in [5, 5.41) is 8.63. The molecule has 23 heavy (non-hydrogen) atoms. The molecule has 9 heteroatoms. The van der Waals surface area contributed by atoms with E-state index in [9.17, 15) is 22.0 Å². The summed E-state index contributed by atoms with van der Waals surface area (Å²) in [6.07, 6.45) is 0. The monoisotopic (exact) mass is 361 g/mol. The maximum atomic E-state index is 13.3. The summed E-state index contributed by atoms with van der Waals surface area (Å²) in [5.74, 6) is -3.59. The molecule has 0 saturated carbocycles. The third-order valence-electron chi connectivity index (χ3n) is 3.10. The van der Waals surface area contributed by atoms with Crippen molar-refractivity contribution in [3.63, 3.8) is 0 Å². The normalized spacial score (nSPS) is 11.3. The molecule has 2 aromatic rings. The lowest BCUT2D eigenvalue weighted by molar-refractivity contribution is 0.0697. The summed E-state index contributed by atoms with van der Waals surface area (Å²) in [5.41, 5.74) is -0.344. The first-order chi connectivity index (χ1) is 10.6. The van der Waals surface area contributed by atoms with Crippen molar-refractivity contribution in [1.82, 2.24) is 0 Å². The molecule has 122 valence electrons. The molecular formula is C14H10ClF2NO4S. The highest BCUT2D eigenvalue weighted by atomic mass is 35.5. The maximum absolute atomic E-state index is 13.3. The Kier molecular flexibility index (Phi) is 4.58. The van der Waals surface area contributed by atoms with Crippen LogP contribution in [0.25, 0.3) is 0 Å². The molecule has 0 aliphatic carbocycles. The molecule has 0 heterocycles. The Morgan fingerprint density at radius 2 is 1.78 bits per heavy atom. The number of benzene rings is 2. The van der Waals surface area contributed by atoms with Gasteiger partial charge in [-0.25, -0.2) is 22.0 Å². The van der Waals surface area contributed by atoms with E-state index in [1.54, 1.807) is 0 Å². The lowest BCUT2D eigenvalue weighted by Gasteiger charge is -2.20. The predicted octanol–water partition coefficient (Wildman–Crippen LogP) is 3.14. The van der Waals surface area contributed by atoms with Crippen LogP contribution >= 0.6 is 11.6 Å². The smallest absolute Gasteiger partial charge is 0.337 e. The van der Waals surface area contributed by atoms with E-state index >= 15 is 0 Å². The lowest BCUT2D eigenvalue weighted by Crippen LogP contribution is -2.26. The van der Waals surface area contributed by atoms with Gasteiger partial charge in [-0.1, -0.05) is 11.6 Å². The largest absolute Gasteiger partial charge is 0.478 e. The van der Waals surface area contributed by atoms with Gasteiger partial charge in [-0.2, -0.15) is 0 Å². The molecule has 0 fully saturated rings. The summed E-state index contributed by atoms with van der Waals surface area (Å²) in [6.45, 7) is 0. The quantitative estimate of drug-likeness (QED) is 0.907. The fourth-order valence-corrected chi connectivity index (χ4v) is 3.35. The molecule has 0 atom stereocenters. The van der Waals surface area contributed by atoms with E-state index in [4.69, 9.17) is 16.7 Å². The number of hydrogen-bond donors (Lipinski definition) is 1. The molecule has 0 aromatic heterocycles. The molecule has 1 N–H and O–H groups in total. The van der Waals surface area contributed by atoms with Crippen LogP contribution in [0.1, 0.15) is 10.4 Å². The molecule has 0 aliphatic heterocycles. The molecule has 0 spiro atoms. The van der Waals surface area contributed by atoms with E-state index in [1.807, 2.05) is 0 Å². The Bertz CT molecular complexity index is 886. The van der Waals surface area contributed by atoms with Crippen LogP contribution in [-0.2, 0) is 10.0 Å². The summed E-state index contributed by atoms with van der Waals surface area (Å²) in [7, 11) is -2.97. The van der Waals surface area contributed by atoms with Crippen molar-refractivity contribution in [3.05, 3.63) is 58.6 Å². The van der Waals surface area contributed by atoms with E-state index in [0.29, 0.717) is 0 Å². The SMILES string of the molecule is CN(c1ccc(F)c(F)c1)S(=O)(=O)c1ccc(C(=O)O)c(Cl)c1. The molecule has 0 bridgehead atoms. The minimum Gasteiger partial charge on any atom is -0.478 e. The molecule has 0 amide bonds. The van der Waals surface area contributed by atoms with Crippen molar-refractivity contribution in [3.8, 4) is 0 Å². The van der Waals surface area contributed by atoms with Gasteiger partial charge < -0.3 is 5.11 Å². The second-order valence-corrected chi connectivity index (χ2v) is 6.89. The summed E-state index contributed by atoms with van der Waals surface area (Å²) in [4.78, 5) is 10.6. The van der Waals surface area contributed by atoms with Gasteiger partial charge in [0.25, 0.3) is 10.0 Å². The number of nitrogens with zero attached hydrogens (tertiary/aromatic N) is 1. The number of anilines is 1. The zero-order valence-corrected chi connectivity index (χ0v) is 13.2. The van der Waals surface area contributed by atoms with Crippen LogP contribution < -0.4 is 4.31 Å². The molecule has 0 radical (unpaired) electrons. The Balaban J connectivity index is 2.46. The highest BCUT2D eigenvalue weighted by Gasteiger charge is 2.24. The second kappa shape index (κ2) is 6.13. The van der Waals surface area contributed by atoms with E-state index in [0.717, 1.165) is 47.8 Å². The van der Waals surface area contributed by atoms with Gasteiger partial charge in [0.05, 0.1) is 21.2 Å². The van der Waals surface area contributed by atoms with E-state index in [1.165, 1.54) is 0 Å². The number of carboxylic acid groups (broad SMARTS) is 1. The Hall–Kier alpha value is -2.19. The van der Waals surface area contributed by atoms with Crippen LogP contribution in [0.15, 0.2) is 41.3 Å². The third-order valence-corrected chi connectivity index (χ3v) is 5.19. The minimum atomic E-state index is -4.12. The van der Waals surface area contributed by atoms with Crippen LogP contribution in [-0.4, -0.2) is 26.5 Å². The first-order valence-electron chi connectivity index (χ1n) is 6.11. The van der Waals surface area contributed by atoms with Gasteiger partial charge in [-0.3, -0.25) is 4.31 Å². The standard InChI is InChI=1S/C14H10ClF2NO4S/c1-18(8-2-5-12(16)13(17)6-8)23(21,22)9-3-4-10(14(19)20)11(15)7-9/h2-7H,1H3,(H,19,20). The Morgan fingerprint density at radius 3 is 2.30 bits per heavy atom. The van der Waals surface area contributed by atoms with Crippen LogP contribution in [0.3, 0.4) is 0 Å². The van der Waals surface area contributed by atoms with Crippen LogP contribution in [0.5, 0.6) is 0 Å². The summed E-state index contributed by atoms with van der Waals surface area (Å²) < 4.78 is 51.9. The van der Waals surface area contributed by atoms with Gasteiger partial charge in [-0.05, 0) is 30.3 Å². The zero-order valence-electron chi connectivity index (χ0n) is 11.6. The highest BCUT2D eigenvalue weighted by Crippen LogP contribution is 2.26. The van der Waals surface area contributed by atoms with Gasteiger partial charge in [-0.15, -0.1) is 0 Å². The lowest BCUT2D eigenvalue weighted by atomic mass is 10.2. The maximum Gasteiger partial charge on any atom is 0.337 e. The van der Waals surface area contributed by atoms with Crippen molar-refractivity contribution in [2.24, 2.45) is 0 Å². The van der Waals surface area contributed by atoms with Crippen molar-refractivity contribution in [1.29, 1.82) is 0 Å². The predicted molar refractivity (Wildman–Crippen MR) is 80.4 cm³/mol. The fourth-order valence-electron chi connectivity index (χ4n) is 1.81. The third kappa shape index (κ3) is 3.27. The number of aromatic carboxylic acids is 1. The second-order valence-electron chi connectivity index (χ2n) is 4.52. The van der Waals surface area contributed by atoms with Crippen molar-refractivity contribution < 1.29 is 27.1 Å². The fraction of sp³-hybridized carbons (Fsp3) is 0.0714. The molecule has 0 aliphatic rings. The molecule has 0 unspecified atom stereocenters. The number of hydrogen-bond acceptors (Lipinski definition) is 3. The van der Waals surface area contributed by atoms with Gasteiger partial charge in [0.15, 0.2) is 11.6 Å². The Labute approximate surface area is 135 Å². The summed E-state index contributed by atoms with van der Waals surface area (Å²) in [6, 6.07) is 5.74. The van der Waals surface area contributed by atoms with E-state index in [-0.39, 0.29) is 21.2 Å². The van der Waals surface area contributed by atoms with Gasteiger partial charge in [0.2, 0.25) is 0 Å². The number of rotatable bonds is 4. The van der Waals surface area contributed by atoms with Crippen LogP contribution in [0.2, 0.25) is 5.02 Å². The number of carbonyl (C=O) groups is 1. The molecule has 2 aromatic carbocycles. The highest BCUT2D eigenvalue weighted by molar-refractivity contribution is 7.92. The minimum absolute atomic E-state index is 0.0951. The Morgan fingerprint density at radius 1 is 1.13 bits per heavy atom. The topological polar surface area (TPSA) is 74.7 Å². The average molecular weight is 362 g/mol. The van der Waals surface area contributed by atoms with Gasteiger partial charge in [0, 0.05) is 13.1 Å². The first-order valence-corrected chi connectivity index (χ1v) is 7.93. The zero-order chi connectivity index (χ0) is 17.4. The number of carboxylic acids is 1. The van der Waals surface area contributed by atoms with Crippen LogP contribution in [0.4, 0.5) is 14.5 Å². The molecule has 0 saturated heterocycles. The number of sulfonamides is 1. The number of halogens is 3. The molecular weight excluding hydrogens is 352 g/mol. The van der Waals surface area contributed by atoms with E-state index < -0.39 is 27.6 Å². The van der Waals surface area contributed by atoms with Crippen LogP contribution in [0, 0.1) is 11.6 Å². The van der Waals surface area contributed by atoms with E-state index in [2.05, 4.69) is 0 Å². The van der Waals surface area contributed by atoms with Crippen molar-refractivity contribution >= 4 is 33.3 Å². The van der Waals surface area contributed by atoms with Gasteiger partial charge >= 0.3 is 5.97 Å². The molecule has 5 nitrogen and oxygen atoms in total. The average Bonchev–Trinajstić information content (AvgIpc) is 2.48. The van der Waals surface area contributed by atoms with Crippen molar-refractivity contribution in [2.75, 3.05) is 11.4 Å². The first kappa shape index (κ1) is 17.2. The summed E-state index contributed by atoms with van der Waals surface area (Å²) >= 11 is 5.75. The van der Waals surface area contributed by atoms with Crippen molar-refractivity contribution in [2.45, 2.75) is 4.90 Å².